The molecule has 2 rings (SSSR count). The monoisotopic (exact) mass is 374 g/mol. The van der Waals surface area contributed by atoms with E-state index in [4.69, 9.17) is 22.1 Å². The molecule has 0 bridgehead atoms. The number of carbonyl (C=O) groups excluding carboxylic acids is 2. The third-order valence-corrected chi connectivity index (χ3v) is 3.64. The molecule has 5 N–H and O–H groups in total. The Morgan fingerprint density at radius 3 is 2.54 bits per heavy atom. The van der Waals surface area contributed by atoms with Gasteiger partial charge < -0.3 is 21.2 Å². The highest BCUT2D eigenvalue weighted by Crippen LogP contribution is 2.27. The first-order valence-corrected chi connectivity index (χ1v) is 8.02. The first-order chi connectivity index (χ1) is 12.4. The van der Waals surface area contributed by atoms with Gasteiger partial charge in [0.15, 0.2) is 0 Å². The summed E-state index contributed by atoms with van der Waals surface area (Å²) in [5, 5.41) is 3.05. The molecule has 7 nitrogen and oxygen atoms in total. The minimum absolute atomic E-state index is 0.338. The van der Waals surface area contributed by atoms with E-state index in [-0.39, 0.29) is 5.91 Å². The zero-order valence-electron chi connectivity index (χ0n) is 14.3. The molecule has 2 amide bonds. The summed E-state index contributed by atoms with van der Waals surface area (Å²) in [6.45, 7) is 1.63. The van der Waals surface area contributed by atoms with Crippen LogP contribution in [0.5, 0.6) is 5.75 Å². The van der Waals surface area contributed by atoms with Crippen LogP contribution in [0, 0.1) is 0 Å². The van der Waals surface area contributed by atoms with Gasteiger partial charge in [0.25, 0.3) is 5.91 Å². The van der Waals surface area contributed by atoms with Crippen LogP contribution in [0.3, 0.4) is 0 Å². The first kappa shape index (κ1) is 19.1. The second-order valence-corrected chi connectivity index (χ2v) is 5.74. The number of carbonyl (C=O) groups is 2. The highest BCUT2D eigenvalue weighted by atomic mass is 35.5. The van der Waals surface area contributed by atoms with Crippen molar-refractivity contribution in [2.75, 3.05) is 18.2 Å². The van der Waals surface area contributed by atoms with E-state index in [2.05, 4.69) is 16.2 Å². The summed E-state index contributed by atoms with van der Waals surface area (Å²) in [5.41, 5.74) is 12.5. The Balaban J connectivity index is 1.92. The molecule has 0 spiro atoms. The molecule has 0 fully saturated rings. The zero-order chi connectivity index (χ0) is 19.1. The molecule has 2 aromatic carbocycles. The lowest BCUT2D eigenvalue weighted by Gasteiger charge is -2.10. The number of anilines is 2. The van der Waals surface area contributed by atoms with Gasteiger partial charge in [0, 0.05) is 23.1 Å². The van der Waals surface area contributed by atoms with Crippen molar-refractivity contribution in [1.82, 2.24) is 10.9 Å². The molecule has 0 saturated carbocycles. The highest BCUT2D eigenvalue weighted by molar-refractivity contribution is 6.32. The van der Waals surface area contributed by atoms with Gasteiger partial charge in [-0.25, -0.2) is 0 Å². The largest absolute Gasteiger partial charge is 0.495 e. The van der Waals surface area contributed by atoms with Crippen molar-refractivity contribution in [3.63, 3.8) is 0 Å². The number of benzene rings is 2. The number of ether oxygens (including phenoxy) is 1. The second kappa shape index (κ2) is 8.77. The Morgan fingerprint density at radius 1 is 1.15 bits per heavy atom. The predicted molar refractivity (Wildman–Crippen MR) is 102 cm³/mol. The van der Waals surface area contributed by atoms with E-state index in [0.717, 1.165) is 0 Å². The van der Waals surface area contributed by atoms with Crippen LogP contribution in [0.4, 0.5) is 11.4 Å². The van der Waals surface area contributed by atoms with E-state index in [1.165, 1.54) is 13.2 Å². The first-order valence-electron chi connectivity index (χ1n) is 7.64. The SMILES string of the molecule is COc1ccc(NC(=O)C=C(C)NNC(=O)c2ccccc2N)cc1Cl. The van der Waals surface area contributed by atoms with E-state index in [1.807, 2.05) is 0 Å². The van der Waals surface area contributed by atoms with Crippen LogP contribution in [0.1, 0.15) is 17.3 Å². The number of amides is 2. The molecule has 0 aliphatic carbocycles. The Bertz CT molecular complexity index is 852. The summed E-state index contributed by atoms with van der Waals surface area (Å²) in [4.78, 5) is 24.1. The lowest BCUT2D eigenvalue weighted by atomic mass is 10.2. The van der Waals surface area contributed by atoms with Crippen molar-refractivity contribution in [2.45, 2.75) is 6.92 Å². The fourth-order valence-electron chi connectivity index (χ4n) is 2.08. The number of allylic oxidation sites excluding steroid dienone is 1. The summed E-state index contributed by atoms with van der Waals surface area (Å²) in [7, 11) is 1.51. The Kier molecular flexibility index (Phi) is 6.46. The van der Waals surface area contributed by atoms with Gasteiger partial charge in [0.05, 0.1) is 17.7 Å². The topological polar surface area (TPSA) is 105 Å². The second-order valence-electron chi connectivity index (χ2n) is 5.33. The maximum absolute atomic E-state index is 12.0. The van der Waals surface area contributed by atoms with Gasteiger partial charge in [-0.05, 0) is 37.3 Å². The van der Waals surface area contributed by atoms with Crippen molar-refractivity contribution in [3.8, 4) is 5.75 Å². The van der Waals surface area contributed by atoms with Crippen molar-refractivity contribution in [1.29, 1.82) is 0 Å². The van der Waals surface area contributed by atoms with Crippen molar-refractivity contribution in [2.24, 2.45) is 0 Å². The number of hydrogen-bond acceptors (Lipinski definition) is 5. The van der Waals surface area contributed by atoms with Gasteiger partial charge in [-0.3, -0.25) is 15.0 Å². The van der Waals surface area contributed by atoms with Crippen LogP contribution in [0.25, 0.3) is 0 Å². The third kappa shape index (κ3) is 5.15. The number of halogens is 1. The van der Waals surface area contributed by atoms with Crippen molar-refractivity contribution >= 4 is 34.8 Å². The molecule has 0 aliphatic heterocycles. The Morgan fingerprint density at radius 2 is 1.88 bits per heavy atom. The maximum atomic E-state index is 12.0. The third-order valence-electron chi connectivity index (χ3n) is 3.35. The smallest absolute Gasteiger partial charge is 0.271 e. The lowest BCUT2D eigenvalue weighted by Crippen LogP contribution is -2.36. The summed E-state index contributed by atoms with van der Waals surface area (Å²) < 4.78 is 5.05. The molecule has 8 heteroatoms. The molecular weight excluding hydrogens is 356 g/mol. The Hall–Kier alpha value is -3.19. The van der Waals surface area contributed by atoms with E-state index in [1.54, 1.807) is 49.4 Å². The molecule has 136 valence electrons. The number of nitrogens with one attached hydrogen (secondary N) is 3. The molecular formula is C18H19ClN4O3. The summed E-state index contributed by atoms with van der Waals surface area (Å²) in [6.07, 6.45) is 1.30. The van der Waals surface area contributed by atoms with Gasteiger partial charge in [-0.2, -0.15) is 0 Å². The molecule has 26 heavy (non-hydrogen) atoms. The number of nitrogens with two attached hydrogens (primary N) is 1. The zero-order valence-corrected chi connectivity index (χ0v) is 15.1. The number of rotatable bonds is 6. The highest BCUT2D eigenvalue weighted by Gasteiger charge is 2.08. The normalized spacial score (nSPS) is 10.8. The summed E-state index contributed by atoms with van der Waals surface area (Å²) in [5.74, 6) is -0.274. The van der Waals surface area contributed by atoms with Crippen LogP contribution >= 0.6 is 11.6 Å². The summed E-state index contributed by atoms with van der Waals surface area (Å²) >= 11 is 6.01. The van der Waals surface area contributed by atoms with Gasteiger partial charge >= 0.3 is 0 Å². The number of para-hydroxylation sites is 1. The average Bonchev–Trinajstić information content (AvgIpc) is 2.60. The van der Waals surface area contributed by atoms with Gasteiger partial charge in [-0.15, -0.1) is 0 Å². The van der Waals surface area contributed by atoms with E-state index in [9.17, 15) is 9.59 Å². The molecule has 0 heterocycles. The fourth-order valence-corrected chi connectivity index (χ4v) is 2.34. The molecule has 0 unspecified atom stereocenters. The molecule has 0 aromatic heterocycles. The number of methoxy groups -OCH3 is 1. The van der Waals surface area contributed by atoms with Crippen molar-refractivity contribution < 1.29 is 14.3 Å². The van der Waals surface area contributed by atoms with E-state index >= 15 is 0 Å². The summed E-state index contributed by atoms with van der Waals surface area (Å²) in [6, 6.07) is 11.6. The molecule has 0 radical (unpaired) electrons. The number of nitrogen functional groups attached to an aromatic ring is 1. The predicted octanol–water partition coefficient (Wildman–Crippen LogP) is 2.71. The van der Waals surface area contributed by atoms with Crippen molar-refractivity contribution in [3.05, 3.63) is 64.8 Å². The molecule has 0 atom stereocenters. The fraction of sp³-hybridized carbons (Fsp3) is 0.111. The van der Waals surface area contributed by atoms with Gasteiger partial charge in [0.2, 0.25) is 5.91 Å². The quantitative estimate of drug-likeness (QED) is 0.353. The number of hydrogen-bond donors (Lipinski definition) is 4. The lowest BCUT2D eigenvalue weighted by molar-refractivity contribution is -0.112. The Labute approximate surface area is 156 Å². The minimum atomic E-state index is -0.404. The molecule has 0 aliphatic rings. The van der Waals surface area contributed by atoms with Gasteiger partial charge in [-0.1, -0.05) is 23.7 Å². The average molecular weight is 375 g/mol. The van der Waals surface area contributed by atoms with Crippen LogP contribution in [0.15, 0.2) is 54.2 Å². The standard InChI is InChI=1S/C18H19ClN4O3/c1-11(22-23-18(25)13-5-3-4-6-15(13)20)9-17(24)21-12-7-8-16(26-2)14(19)10-12/h3-10,22H,20H2,1-2H3,(H,21,24)(H,23,25). The van der Waals surface area contributed by atoms with Crippen LogP contribution in [-0.2, 0) is 4.79 Å². The maximum Gasteiger partial charge on any atom is 0.271 e. The molecule has 2 aromatic rings. The van der Waals surface area contributed by atoms with Crippen LogP contribution in [0.2, 0.25) is 5.02 Å². The molecule has 0 saturated heterocycles. The van der Waals surface area contributed by atoms with Crippen LogP contribution < -0.4 is 26.6 Å². The van der Waals surface area contributed by atoms with E-state index < -0.39 is 5.91 Å². The number of hydrazine groups is 1. The van der Waals surface area contributed by atoms with Crippen LogP contribution in [-0.4, -0.2) is 18.9 Å². The van der Waals surface area contributed by atoms with Gasteiger partial charge in [0.1, 0.15) is 5.75 Å². The van der Waals surface area contributed by atoms with E-state index in [0.29, 0.717) is 33.4 Å². The minimum Gasteiger partial charge on any atom is -0.495 e.